The van der Waals surface area contributed by atoms with Gasteiger partial charge in [-0.3, -0.25) is 9.59 Å². The number of ether oxygens (including phenoxy) is 2. The molecule has 10 heteroatoms. The van der Waals surface area contributed by atoms with Gasteiger partial charge in [0.05, 0.1) is 25.3 Å². The standard InChI is InChI=1S/C27H31N5O5/c1-3-36-26(34)13-12-25(33)31-17-15-30(16-18-31)21-10-8-20(9-11-21)23-19-22(27(35)37-4-2)29-32(23)24-7-5-6-14-28-24/h5-11,14,19H,3-4,12-13,15-18H2,1-2H3. The fourth-order valence-corrected chi connectivity index (χ4v) is 4.20. The van der Waals surface area contributed by atoms with Gasteiger partial charge in [-0.15, -0.1) is 0 Å². The van der Waals surface area contributed by atoms with Crippen molar-refractivity contribution in [3.05, 3.63) is 60.4 Å². The van der Waals surface area contributed by atoms with Crippen LogP contribution in [0.25, 0.3) is 17.1 Å². The third-order valence-electron chi connectivity index (χ3n) is 6.07. The Bertz CT molecular complexity index is 1220. The number of nitrogens with zero attached hydrogens (tertiary/aromatic N) is 5. The minimum Gasteiger partial charge on any atom is -0.466 e. The highest BCUT2D eigenvalue weighted by molar-refractivity contribution is 5.89. The van der Waals surface area contributed by atoms with Crippen molar-refractivity contribution in [2.75, 3.05) is 44.3 Å². The van der Waals surface area contributed by atoms with Crippen molar-refractivity contribution in [3.63, 3.8) is 0 Å². The van der Waals surface area contributed by atoms with E-state index in [0.717, 1.165) is 16.9 Å². The molecule has 1 saturated heterocycles. The van der Waals surface area contributed by atoms with Gasteiger partial charge in [0.2, 0.25) is 5.91 Å². The molecule has 1 aromatic carbocycles. The molecule has 1 fully saturated rings. The Labute approximate surface area is 215 Å². The molecule has 0 unspecified atom stereocenters. The lowest BCUT2D eigenvalue weighted by Crippen LogP contribution is -2.48. The molecule has 1 amide bonds. The first kappa shape index (κ1) is 25.9. The van der Waals surface area contributed by atoms with Crippen LogP contribution in [0.3, 0.4) is 0 Å². The zero-order chi connectivity index (χ0) is 26.2. The van der Waals surface area contributed by atoms with Crippen LogP contribution in [0.15, 0.2) is 54.7 Å². The zero-order valence-electron chi connectivity index (χ0n) is 21.1. The zero-order valence-corrected chi connectivity index (χ0v) is 21.1. The monoisotopic (exact) mass is 505 g/mol. The summed E-state index contributed by atoms with van der Waals surface area (Å²) < 4.78 is 11.7. The third-order valence-corrected chi connectivity index (χ3v) is 6.07. The maximum Gasteiger partial charge on any atom is 0.358 e. The average Bonchev–Trinajstić information content (AvgIpc) is 3.39. The highest BCUT2D eigenvalue weighted by Crippen LogP contribution is 2.27. The number of hydrogen-bond acceptors (Lipinski definition) is 8. The minimum atomic E-state index is -0.482. The molecular weight excluding hydrogens is 474 g/mol. The fraction of sp³-hybridized carbons (Fsp3) is 0.370. The molecular formula is C27H31N5O5. The lowest BCUT2D eigenvalue weighted by atomic mass is 10.1. The predicted molar refractivity (Wildman–Crippen MR) is 137 cm³/mol. The summed E-state index contributed by atoms with van der Waals surface area (Å²) in [7, 11) is 0. The highest BCUT2D eigenvalue weighted by Gasteiger charge is 2.23. The van der Waals surface area contributed by atoms with Crippen LogP contribution in [0, 0.1) is 0 Å². The van der Waals surface area contributed by atoms with Crippen molar-refractivity contribution in [1.82, 2.24) is 19.7 Å². The molecule has 0 atom stereocenters. The third kappa shape index (κ3) is 6.32. The van der Waals surface area contributed by atoms with Crippen LogP contribution in [0.1, 0.15) is 37.2 Å². The van der Waals surface area contributed by atoms with Crippen LogP contribution in [0.2, 0.25) is 0 Å². The number of anilines is 1. The van der Waals surface area contributed by atoms with Gasteiger partial charge in [-0.05, 0) is 44.2 Å². The van der Waals surface area contributed by atoms with E-state index in [1.54, 1.807) is 35.7 Å². The molecule has 10 nitrogen and oxygen atoms in total. The molecule has 0 bridgehead atoms. The molecule has 1 aliphatic heterocycles. The summed E-state index contributed by atoms with van der Waals surface area (Å²) in [6.07, 6.45) is 1.96. The van der Waals surface area contributed by atoms with E-state index in [4.69, 9.17) is 9.47 Å². The molecule has 37 heavy (non-hydrogen) atoms. The van der Waals surface area contributed by atoms with E-state index in [1.807, 2.05) is 42.5 Å². The predicted octanol–water partition coefficient (Wildman–Crippen LogP) is 3.10. The second-order valence-electron chi connectivity index (χ2n) is 8.45. The summed E-state index contributed by atoms with van der Waals surface area (Å²) in [5.41, 5.74) is 2.86. The normalized spacial score (nSPS) is 13.4. The van der Waals surface area contributed by atoms with E-state index >= 15 is 0 Å². The molecule has 0 N–H and O–H groups in total. The van der Waals surface area contributed by atoms with Gasteiger partial charge in [0.25, 0.3) is 0 Å². The second-order valence-corrected chi connectivity index (χ2v) is 8.45. The molecule has 3 heterocycles. The number of carbonyl (C=O) groups is 3. The largest absolute Gasteiger partial charge is 0.466 e. The van der Waals surface area contributed by atoms with Gasteiger partial charge >= 0.3 is 11.9 Å². The summed E-state index contributed by atoms with van der Waals surface area (Å²) >= 11 is 0. The van der Waals surface area contributed by atoms with Crippen LogP contribution < -0.4 is 4.90 Å². The molecule has 0 radical (unpaired) electrons. The van der Waals surface area contributed by atoms with E-state index in [0.29, 0.717) is 38.6 Å². The Morgan fingerprint density at radius 2 is 1.62 bits per heavy atom. The van der Waals surface area contributed by atoms with Crippen molar-refractivity contribution in [1.29, 1.82) is 0 Å². The molecule has 194 valence electrons. The van der Waals surface area contributed by atoms with E-state index in [1.165, 1.54) is 0 Å². The van der Waals surface area contributed by atoms with Crippen LogP contribution >= 0.6 is 0 Å². The topological polar surface area (TPSA) is 107 Å². The van der Waals surface area contributed by atoms with Gasteiger partial charge in [0.1, 0.15) is 0 Å². The van der Waals surface area contributed by atoms with E-state index in [2.05, 4.69) is 15.0 Å². The molecule has 4 rings (SSSR count). The second kappa shape index (κ2) is 12.2. The molecule has 1 aliphatic rings. The van der Waals surface area contributed by atoms with Gasteiger partial charge in [0, 0.05) is 50.0 Å². The number of rotatable bonds is 9. The first-order chi connectivity index (χ1) is 18.0. The Hall–Kier alpha value is -4.21. The molecule has 0 saturated carbocycles. The van der Waals surface area contributed by atoms with Crippen LogP contribution in [0.5, 0.6) is 0 Å². The number of hydrogen-bond donors (Lipinski definition) is 0. The van der Waals surface area contributed by atoms with Gasteiger partial charge in [-0.1, -0.05) is 18.2 Å². The first-order valence-electron chi connectivity index (χ1n) is 12.5. The maximum absolute atomic E-state index is 12.4. The number of aromatic nitrogens is 3. The lowest BCUT2D eigenvalue weighted by Gasteiger charge is -2.36. The van der Waals surface area contributed by atoms with Gasteiger partial charge < -0.3 is 19.3 Å². The van der Waals surface area contributed by atoms with E-state index in [9.17, 15) is 14.4 Å². The Morgan fingerprint density at radius 3 is 2.27 bits per heavy atom. The van der Waals surface area contributed by atoms with Gasteiger partial charge in [0.15, 0.2) is 11.5 Å². The first-order valence-corrected chi connectivity index (χ1v) is 12.5. The number of esters is 2. The summed E-state index contributed by atoms with van der Waals surface area (Å²) in [5.74, 6) is -0.248. The van der Waals surface area contributed by atoms with E-state index < -0.39 is 5.97 Å². The SMILES string of the molecule is CCOC(=O)CCC(=O)N1CCN(c2ccc(-c3cc(C(=O)OCC)nn3-c3ccccn3)cc2)CC1. The van der Waals surface area contributed by atoms with Crippen LogP contribution in [-0.2, 0) is 19.1 Å². The number of benzene rings is 1. The Kier molecular flexibility index (Phi) is 8.50. The van der Waals surface area contributed by atoms with Crippen molar-refractivity contribution < 1.29 is 23.9 Å². The fourth-order valence-electron chi connectivity index (χ4n) is 4.20. The molecule has 2 aromatic heterocycles. The summed E-state index contributed by atoms with van der Waals surface area (Å²) in [5, 5.41) is 4.45. The quantitative estimate of drug-likeness (QED) is 0.409. The van der Waals surface area contributed by atoms with Crippen LogP contribution in [-0.4, -0.2) is 76.9 Å². The summed E-state index contributed by atoms with van der Waals surface area (Å²) in [4.78, 5) is 44.7. The van der Waals surface area contributed by atoms with Gasteiger partial charge in [-0.25, -0.2) is 14.5 Å². The summed E-state index contributed by atoms with van der Waals surface area (Å²) in [6.45, 7) is 6.68. The van der Waals surface area contributed by atoms with E-state index in [-0.39, 0.29) is 37.0 Å². The lowest BCUT2D eigenvalue weighted by molar-refractivity contribution is -0.145. The molecule has 0 aliphatic carbocycles. The maximum atomic E-state index is 12.4. The van der Waals surface area contributed by atoms with Crippen molar-refractivity contribution in [3.8, 4) is 17.1 Å². The minimum absolute atomic E-state index is 0.0248. The van der Waals surface area contributed by atoms with Gasteiger partial charge in [-0.2, -0.15) is 5.10 Å². The molecule has 3 aromatic rings. The number of carbonyl (C=O) groups excluding carboxylic acids is 3. The highest BCUT2D eigenvalue weighted by atomic mass is 16.5. The van der Waals surface area contributed by atoms with Crippen molar-refractivity contribution >= 4 is 23.5 Å². The Morgan fingerprint density at radius 1 is 0.892 bits per heavy atom. The average molecular weight is 506 g/mol. The number of pyridine rings is 1. The molecule has 0 spiro atoms. The number of amides is 1. The van der Waals surface area contributed by atoms with Crippen LogP contribution in [0.4, 0.5) is 5.69 Å². The smallest absolute Gasteiger partial charge is 0.358 e. The summed E-state index contributed by atoms with van der Waals surface area (Å²) in [6, 6.07) is 15.2. The number of piperazine rings is 1. The Balaban J connectivity index is 1.44. The van der Waals surface area contributed by atoms with Crippen molar-refractivity contribution in [2.45, 2.75) is 26.7 Å². The van der Waals surface area contributed by atoms with Crippen molar-refractivity contribution in [2.24, 2.45) is 0 Å².